The summed E-state index contributed by atoms with van der Waals surface area (Å²) in [6.07, 6.45) is 4.87. The summed E-state index contributed by atoms with van der Waals surface area (Å²) in [5.41, 5.74) is 3.20. The van der Waals surface area contributed by atoms with Crippen LogP contribution in [-0.2, 0) is 6.42 Å². The first-order chi connectivity index (χ1) is 11.8. The Labute approximate surface area is 140 Å². The Morgan fingerprint density at radius 2 is 1.92 bits per heavy atom. The number of hydrogen-bond acceptors (Lipinski definition) is 4. The Morgan fingerprint density at radius 3 is 2.62 bits per heavy atom. The van der Waals surface area contributed by atoms with Gasteiger partial charge in [0.1, 0.15) is 6.33 Å². The van der Waals surface area contributed by atoms with Gasteiger partial charge in [-0.2, -0.15) is 4.68 Å². The number of nitrogens with zero attached hydrogens (tertiary/aromatic N) is 4. The van der Waals surface area contributed by atoms with Crippen molar-refractivity contribution in [2.75, 3.05) is 5.32 Å². The number of aromatic nitrogens is 4. The minimum atomic E-state index is -0.192. The number of carbonyl (C=O) groups is 1. The number of rotatable bonds is 6. The molecule has 24 heavy (non-hydrogen) atoms. The molecule has 1 N–H and O–H groups in total. The van der Waals surface area contributed by atoms with Gasteiger partial charge in [-0.25, -0.2) is 0 Å². The predicted octanol–water partition coefficient (Wildman–Crippen LogP) is 3.26. The van der Waals surface area contributed by atoms with Crippen LogP contribution >= 0.6 is 0 Å². The fraction of sp³-hybridized carbons (Fsp3) is 0.222. The highest BCUT2D eigenvalue weighted by Gasteiger charge is 2.13. The van der Waals surface area contributed by atoms with Crippen molar-refractivity contribution >= 4 is 11.6 Å². The number of unbranched alkanes of at least 4 members (excludes halogenated alkanes) is 1. The summed E-state index contributed by atoms with van der Waals surface area (Å²) >= 11 is 0. The van der Waals surface area contributed by atoms with E-state index in [1.54, 1.807) is 12.1 Å². The number of hydrogen-bond donors (Lipinski definition) is 1. The second-order valence-corrected chi connectivity index (χ2v) is 5.53. The van der Waals surface area contributed by atoms with E-state index in [9.17, 15) is 4.79 Å². The molecule has 1 amide bonds. The first kappa shape index (κ1) is 15.9. The molecule has 2 aromatic carbocycles. The highest BCUT2D eigenvalue weighted by atomic mass is 16.1. The highest BCUT2D eigenvalue weighted by Crippen LogP contribution is 2.17. The molecule has 0 saturated heterocycles. The Morgan fingerprint density at radius 1 is 1.12 bits per heavy atom. The third kappa shape index (κ3) is 3.65. The van der Waals surface area contributed by atoms with E-state index in [1.807, 2.05) is 24.3 Å². The molecule has 1 aromatic heterocycles. The van der Waals surface area contributed by atoms with Crippen molar-refractivity contribution in [2.45, 2.75) is 26.2 Å². The lowest BCUT2D eigenvalue weighted by molar-refractivity contribution is 0.102. The highest BCUT2D eigenvalue weighted by molar-refractivity contribution is 6.06. The summed E-state index contributed by atoms with van der Waals surface area (Å²) in [4.78, 5) is 12.6. The van der Waals surface area contributed by atoms with Crippen LogP contribution in [0.15, 0.2) is 54.9 Å². The van der Waals surface area contributed by atoms with Gasteiger partial charge in [0.2, 0.25) is 0 Å². The van der Waals surface area contributed by atoms with Crippen LogP contribution in [0.5, 0.6) is 0 Å². The number of amides is 1. The molecule has 0 atom stereocenters. The molecule has 3 aromatic rings. The van der Waals surface area contributed by atoms with Gasteiger partial charge >= 0.3 is 0 Å². The van der Waals surface area contributed by atoms with Gasteiger partial charge < -0.3 is 5.32 Å². The predicted molar refractivity (Wildman–Crippen MR) is 92.2 cm³/mol. The smallest absolute Gasteiger partial charge is 0.257 e. The summed E-state index contributed by atoms with van der Waals surface area (Å²) in [5.74, 6) is -0.192. The molecule has 0 fully saturated rings. The molecule has 0 unspecified atom stereocenters. The van der Waals surface area contributed by atoms with E-state index in [2.05, 4.69) is 39.9 Å². The van der Waals surface area contributed by atoms with Gasteiger partial charge in [-0.1, -0.05) is 37.6 Å². The molecule has 0 spiro atoms. The number of nitrogens with one attached hydrogen (secondary N) is 1. The molecule has 0 saturated carbocycles. The molecule has 6 heteroatoms. The van der Waals surface area contributed by atoms with E-state index in [-0.39, 0.29) is 5.91 Å². The van der Waals surface area contributed by atoms with Gasteiger partial charge in [0.05, 0.1) is 11.3 Å². The van der Waals surface area contributed by atoms with Crippen molar-refractivity contribution in [1.29, 1.82) is 0 Å². The van der Waals surface area contributed by atoms with Gasteiger partial charge in [-0.3, -0.25) is 4.79 Å². The molecule has 0 aliphatic heterocycles. The monoisotopic (exact) mass is 321 g/mol. The summed E-state index contributed by atoms with van der Waals surface area (Å²) < 4.78 is 1.47. The summed E-state index contributed by atoms with van der Waals surface area (Å²) in [7, 11) is 0. The molecule has 0 radical (unpaired) electrons. The molecule has 3 rings (SSSR count). The third-order valence-corrected chi connectivity index (χ3v) is 3.78. The fourth-order valence-electron chi connectivity index (χ4n) is 2.47. The second kappa shape index (κ2) is 7.50. The van der Waals surface area contributed by atoms with Crippen molar-refractivity contribution in [1.82, 2.24) is 20.2 Å². The lowest BCUT2D eigenvalue weighted by Crippen LogP contribution is -2.15. The molecule has 0 bridgehead atoms. The molecule has 1 heterocycles. The van der Waals surface area contributed by atoms with Crippen LogP contribution in [0.3, 0.4) is 0 Å². The summed E-state index contributed by atoms with van der Waals surface area (Å²) in [6, 6.07) is 15.2. The van der Waals surface area contributed by atoms with Crippen LogP contribution in [0, 0.1) is 0 Å². The van der Waals surface area contributed by atoms with E-state index in [4.69, 9.17) is 0 Å². The zero-order valence-corrected chi connectivity index (χ0v) is 13.5. The molecule has 0 aliphatic rings. The van der Waals surface area contributed by atoms with Crippen molar-refractivity contribution < 1.29 is 4.79 Å². The summed E-state index contributed by atoms with van der Waals surface area (Å²) in [5, 5.41) is 14.0. The quantitative estimate of drug-likeness (QED) is 0.756. The number of carbonyl (C=O) groups excluding carboxylic acids is 1. The molecule has 0 aliphatic carbocycles. The Kier molecular flexibility index (Phi) is 4.96. The van der Waals surface area contributed by atoms with Crippen LogP contribution in [0.1, 0.15) is 35.7 Å². The van der Waals surface area contributed by atoms with Crippen molar-refractivity contribution in [2.24, 2.45) is 0 Å². The molecular weight excluding hydrogens is 302 g/mol. The van der Waals surface area contributed by atoms with Gasteiger partial charge in [-0.15, -0.1) is 5.10 Å². The average Bonchev–Trinajstić information content (AvgIpc) is 3.15. The average molecular weight is 321 g/mol. The lowest BCUT2D eigenvalue weighted by atomic mass is 10.1. The molecule has 122 valence electrons. The number of tetrazole rings is 1. The van der Waals surface area contributed by atoms with Crippen molar-refractivity contribution in [3.63, 3.8) is 0 Å². The standard InChI is InChI=1S/C18H19N5O/c1-2-3-6-14-9-11-15(12-10-14)20-18(24)16-7-4-5-8-17(16)23-13-19-21-22-23/h4-5,7-13H,2-3,6H2,1H3,(H,20,24). The number of para-hydroxylation sites is 1. The lowest BCUT2D eigenvalue weighted by Gasteiger charge is -2.10. The zero-order valence-electron chi connectivity index (χ0n) is 13.5. The zero-order chi connectivity index (χ0) is 16.8. The Bertz CT molecular complexity index is 797. The van der Waals surface area contributed by atoms with E-state index < -0.39 is 0 Å². The maximum absolute atomic E-state index is 12.6. The van der Waals surface area contributed by atoms with E-state index in [0.717, 1.165) is 12.1 Å². The second-order valence-electron chi connectivity index (χ2n) is 5.53. The normalized spacial score (nSPS) is 10.5. The van der Waals surface area contributed by atoms with Crippen LogP contribution in [0.25, 0.3) is 5.69 Å². The van der Waals surface area contributed by atoms with Gasteiger partial charge in [0.15, 0.2) is 0 Å². The van der Waals surface area contributed by atoms with E-state index in [1.165, 1.54) is 29.4 Å². The third-order valence-electron chi connectivity index (χ3n) is 3.78. The largest absolute Gasteiger partial charge is 0.322 e. The maximum atomic E-state index is 12.6. The van der Waals surface area contributed by atoms with Gasteiger partial charge in [0, 0.05) is 5.69 Å². The minimum Gasteiger partial charge on any atom is -0.322 e. The first-order valence-electron chi connectivity index (χ1n) is 8.00. The molecule has 6 nitrogen and oxygen atoms in total. The SMILES string of the molecule is CCCCc1ccc(NC(=O)c2ccccc2-n2cnnn2)cc1. The van der Waals surface area contributed by atoms with Crippen LogP contribution < -0.4 is 5.32 Å². The number of aryl methyl sites for hydroxylation is 1. The van der Waals surface area contributed by atoms with Gasteiger partial charge in [-0.05, 0) is 53.1 Å². The van der Waals surface area contributed by atoms with Crippen LogP contribution in [0.4, 0.5) is 5.69 Å². The fourth-order valence-corrected chi connectivity index (χ4v) is 2.47. The minimum absolute atomic E-state index is 0.192. The van der Waals surface area contributed by atoms with Crippen molar-refractivity contribution in [3.05, 3.63) is 66.0 Å². The summed E-state index contributed by atoms with van der Waals surface area (Å²) in [6.45, 7) is 2.18. The number of anilines is 1. The maximum Gasteiger partial charge on any atom is 0.257 e. The number of benzene rings is 2. The van der Waals surface area contributed by atoms with E-state index in [0.29, 0.717) is 11.3 Å². The van der Waals surface area contributed by atoms with Crippen molar-refractivity contribution in [3.8, 4) is 5.69 Å². The van der Waals surface area contributed by atoms with Gasteiger partial charge in [0.25, 0.3) is 5.91 Å². The molecular formula is C18H19N5O. The van der Waals surface area contributed by atoms with Crippen LogP contribution in [-0.4, -0.2) is 26.1 Å². The Hall–Kier alpha value is -3.02. The topological polar surface area (TPSA) is 72.7 Å². The van der Waals surface area contributed by atoms with E-state index >= 15 is 0 Å². The Balaban J connectivity index is 1.76. The first-order valence-corrected chi connectivity index (χ1v) is 8.00. The van der Waals surface area contributed by atoms with Crippen LogP contribution in [0.2, 0.25) is 0 Å².